The number of ether oxygens (including phenoxy) is 3. The van der Waals surface area contributed by atoms with Crippen molar-refractivity contribution in [3.63, 3.8) is 0 Å². The molecule has 1 aliphatic carbocycles. The molecule has 2 heterocycles. The van der Waals surface area contributed by atoms with Crippen molar-refractivity contribution in [1.82, 2.24) is 4.98 Å². The molecule has 1 aromatic heterocycles. The van der Waals surface area contributed by atoms with Crippen molar-refractivity contribution in [2.45, 2.75) is 24.6 Å². The molecule has 1 fully saturated rings. The van der Waals surface area contributed by atoms with Crippen molar-refractivity contribution in [2.75, 3.05) is 39.6 Å². The molecule has 4 aromatic rings. The predicted molar refractivity (Wildman–Crippen MR) is 155 cm³/mol. The standard InChI is InChI=1S/C32H29F2N3O5.H2/c1-37(2,3)15-16-40-29(38)22-9-6-8-21(17-22)28-24-10-5-4-7-20(24)18-27(35-28)36-30(39)31(13-14-31)23-11-12-25-26(19-23)42-32(33,34)41-25;/h4-12,17-19H,13-16H2,1-3H3;1H/p+1. The van der Waals surface area contributed by atoms with Crippen molar-refractivity contribution < 1.29 is 38.5 Å². The Bertz CT molecular complexity index is 1720. The smallest absolute Gasteiger partial charge is 0.456 e. The SMILES string of the molecule is C[N+](C)(C)CCOC(=O)c1cccc(-c2nc(NC(=O)C3(c4ccc5c(c4)OC(F)(F)O5)CC3)cc3ccccc23)c1.[HH]. The molecule has 6 rings (SSSR count). The summed E-state index contributed by atoms with van der Waals surface area (Å²) in [5, 5.41) is 4.65. The van der Waals surface area contributed by atoms with Crippen molar-refractivity contribution in [1.29, 1.82) is 0 Å². The van der Waals surface area contributed by atoms with E-state index in [1.54, 1.807) is 30.3 Å². The number of carbonyl (C=O) groups excluding carboxylic acids is 2. The fourth-order valence-corrected chi connectivity index (χ4v) is 5.03. The maximum absolute atomic E-state index is 13.6. The molecule has 1 amide bonds. The molecule has 218 valence electrons. The van der Waals surface area contributed by atoms with Crippen LogP contribution in [0.15, 0.2) is 72.8 Å². The van der Waals surface area contributed by atoms with Crippen LogP contribution in [0.2, 0.25) is 0 Å². The number of rotatable bonds is 8. The minimum absolute atomic E-state index is 0. The number of esters is 1. The Hall–Kier alpha value is -4.57. The molecule has 8 nitrogen and oxygen atoms in total. The number of fused-ring (bicyclic) bond motifs is 2. The van der Waals surface area contributed by atoms with Gasteiger partial charge in [0.2, 0.25) is 5.91 Å². The highest BCUT2D eigenvalue weighted by Crippen LogP contribution is 2.52. The van der Waals surface area contributed by atoms with E-state index >= 15 is 0 Å². The van der Waals surface area contributed by atoms with Crippen LogP contribution in [0.25, 0.3) is 22.0 Å². The zero-order chi connectivity index (χ0) is 29.7. The molecule has 2 aliphatic rings. The summed E-state index contributed by atoms with van der Waals surface area (Å²) in [5.41, 5.74) is 1.37. The van der Waals surface area contributed by atoms with Gasteiger partial charge in [0.25, 0.3) is 0 Å². The van der Waals surface area contributed by atoms with E-state index in [2.05, 4.69) is 14.8 Å². The van der Waals surface area contributed by atoms with Crippen molar-refractivity contribution >= 4 is 28.5 Å². The maximum Gasteiger partial charge on any atom is 0.586 e. The molecule has 42 heavy (non-hydrogen) atoms. The first-order chi connectivity index (χ1) is 19.9. The summed E-state index contributed by atoms with van der Waals surface area (Å²) in [6.45, 7) is 0.975. The van der Waals surface area contributed by atoms with Crippen LogP contribution >= 0.6 is 0 Å². The van der Waals surface area contributed by atoms with Gasteiger partial charge in [0.15, 0.2) is 11.5 Å². The van der Waals surface area contributed by atoms with Crippen molar-refractivity contribution in [3.05, 3.63) is 83.9 Å². The molecule has 1 N–H and O–H groups in total. The van der Waals surface area contributed by atoms with Gasteiger partial charge in [0.05, 0.1) is 37.8 Å². The number of aromatic nitrogens is 1. The number of benzene rings is 3. The minimum Gasteiger partial charge on any atom is -0.456 e. The van der Waals surface area contributed by atoms with Crippen LogP contribution in [0.5, 0.6) is 11.5 Å². The third kappa shape index (κ3) is 5.49. The topological polar surface area (TPSA) is 86.8 Å². The summed E-state index contributed by atoms with van der Waals surface area (Å²) in [4.78, 5) is 31.2. The second-order valence-electron chi connectivity index (χ2n) is 11.7. The number of quaternary nitrogens is 1. The lowest BCUT2D eigenvalue weighted by Crippen LogP contribution is -2.38. The summed E-state index contributed by atoms with van der Waals surface area (Å²) >= 11 is 0. The van der Waals surface area contributed by atoms with Gasteiger partial charge in [-0.2, -0.15) is 0 Å². The lowest BCUT2D eigenvalue weighted by molar-refractivity contribution is -0.870. The Morgan fingerprint density at radius 2 is 1.74 bits per heavy atom. The third-order valence-electron chi connectivity index (χ3n) is 7.49. The number of amides is 1. The van der Waals surface area contributed by atoms with Gasteiger partial charge in [-0.05, 0) is 54.1 Å². The van der Waals surface area contributed by atoms with Gasteiger partial charge >= 0.3 is 12.3 Å². The van der Waals surface area contributed by atoms with Crippen LogP contribution in [-0.2, 0) is 14.9 Å². The number of halogens is 2. The summed E-state index contributed by atoms with van der Waals surface area (Å²) in [7, 11) is 6.08. The maximum atomic E-state index is 13.6. The highest BCUT2D eigenvalue weighted by Gasteiger charge is 2.53. The quantitative estimate of drug-likeness (QED) is 0.205. The number of nitrogens with one attached hydrogen (secondary N) is 1. The molecule has 0 unspecified atom stereocenters. The number of hydrogen-bond donors (Lipinski definition) is 1. The predicted octanol–water partition coefficient (Wildman–Crippen LogP) is 6.00. The molecular weight excluding hydrogens is 544 g/mol. The molecule has 0 atom stereocenters. The minimum atomic E-state index is -3.73. The van der Waals surface area contributed by atoms with Crippen LogP contribution < -0.4 is 14.8 Å². The Morgan fingerprint density at radius 1 is 0.976 bits per heavy atom. The van der Waals surface area contributed by atoms with E-state index in [0.717, 1.165) is 10.8 Å². The highest BCUT2D eigenvalue weighted by atomic mass is 19.3. The van der Waals surface area contributed by atoms with Crippen molar-refractivity contribution in [2.24, 2.45) is 0 Å². The van der Waals surface area contributed by atoms with Gasteiger partial charge in [-0.25, -0.2) is 9.78 Å². The van der Waals surface area contributed by atoms with Crippen LogP contribution in [0.3, 0.4) is 0 Å². The van der Waals surface area contributed by atoms with Gasteiger partial charge in [0.1, 0.15) is 19.0 Å². The average Bonchev–Trinajstić information content (AvgIpc) is 3.69. The molecule has 0 saturated heterocycles. The second-order valence-corrected chi connectivity index (χ2v) is 11.7. The fourth-order valence-electron chi connectivity index (χ4n) is 5.03. The van der Waals surface area contributed by atoms with E-state index in [-0.39, 0.29) is 18.8 Å². The van der Waals surface area contributed by atoms with E-state index in [9.17, 15) is 18.4 Å². The molecule has 10 heteroatoms. The zero-order valence-electron chi connectivity index (χ0n) is 23.4. The average molecular weight is 577 g/mol. The molecule has 3 aromatic carbocycles. The zero-order valence-corrected chi connectivity index (χ0v) is 23.4. The fraction of sp³-hybridized carbons (Fsp3) is 0.281. The summed E-state index contributed by atoms with van der Waals surface area (Å²) in [6.07, 6.45) is -2.63. The Morgan fingerprint density at radius 3 is 2.50 bits per heavy atom. The number of alkyl halides is 2. The molecule has 0 bridgehead atoms. The first-order valence-corrected chi connectivity index (χ1v) is 13.6. The lowest BCUT2D eigenvalue weighted by atomic mass is 9.94. The lowest BCUT2D eigenvalue weighted by Gasteiger charge is -2.23. The number of anilines is 1. The third-order valence-corrected chi connectivity index (χ3v) is 7.49. The molecule has 0 radical (unpaired) electrons. The van der Waals surface area contributed by atoms with E-state index in [1.165, 1.54) is 12.1 Å². The monoisotopic (exact) mass is 576 g/mol. The van der Waals surface area contributed by atoms with Crippen LogP contribution in [-0.4, -0.2) is 61.9 Å². The van der Waals surface area contributed by atoms with Crippen molar-refractivity contribution in [3.8, 4) is 22.8 Å². The number of carbonyl (C=O) groups is 2. The number of hydrogen-bond acceptors (Lipinski definition) is 6. The van der Waals surface area contributed by atoms with Gasteiger partial charge in [0, 0.05) is 12.4 Å². The Labute approximate surface area is 242 Å². The summed E-state index contributed by atoms with van der Waals surface area (Å²) in [6, 6.07) is 20.9. The summed E-state index contributed by atoms with van der Waals surface area (Å²) < 4.78 is 42.3. The molecule has 0 spiro atoms. The van der Waals surface area contributed by atoms with E-state index < -0.39 is 17.7 Å². The van der Waals surface area contributed by atoms with Gasteiger partial charge in [-0.3, -0.25) is 4.79 Å². The van der Waals surface area contributed by atoms with E-state index in [0.29, 0.717) is 58.7 Å². The number of pyridine rings is 1. The van der Waals surface area contributed by atoms with Gasteiger partial charge in [-0.1, -0.05) is 42.5 Å². The van der Waals surface area contributed by atoms with Crippen LogP contribution in [0, 0.1) is 0 Å². The molecule has 1 saturated carbocycles. The van der Waals surface area contributed by atoms with Crippen LogP contribution in [0.4, 0.5) is 14.6 Å². The highest BCUT2D eigenvalue weighted by molar-refractivity contribution is 6.04. The normalized spacial score (nSPS) is 16.2. The first-order valence-electron chi connectivity index (χ1n) is 13.6. The first kappa shape index (κ1) is 27.6. The van der Waals surface area contributed by atoms with Crippen LogP contribution in [0.1, 0.15) is 30.2 Å². The van der Waals surface area contributed by atoms with E-state index in [1.807, 2.05) is 51.5 Å². The Balaban J connectivity index is 0.00000368. The van der Waals surface area contributed by atoms with Gasteiger partial charge in [-0.15, -0.1) is 8.78 Å². The molecule has 1 aliphatic heterocycles. The van der Waals surface area contributed by atoms with Gasteiger partial charge < -0.3 is 24.0 Å². The number of likely N-dealkylation sites (N-methyl/N-ethyl adjacent to an activating group) is 1. The Kier molecular flexibility index (Phi) is 6.61. The molecular formula is C32H32F2N3O5+. The largest absolute Gasteiger partial charge is 0.586 e. The number of nitrogens with zero attached hydrogens (tertiary/aromatic N) is 2. The second kappa shape index (κ2) is 10.1. The summed E-state index contributed by atoms with van der Waals surface area (Å²) in [5.74, 6) is -0.547. The van der Waals surface area contributed by atoms with E-state index in [4.69, 9.17) is 9.72 Å².